The second kappa shape index (κ2) is 6.75. The standard InChI is InChI=1S/C18H26N2O2S/c1-15-8-9-16(2)18(14-15)23(21,22)20-12-10-19(11-13-20)17-6-4-3-5-7-17/h4,6,8-9,14,17H,3,5,7,10-13H2,1-2H3. The van der Waals surface area contributed by atoms with Gasteiger partial charge in [-0.05, 0) is 50.3 Å². The van der Waals surface area contributed by atoms with Crippen LogP contribution in [0.4, 0.5) is 0 Å². The highest BCUT2D eigenvalue weighted by molar-refractivity contribution is 7.89. The van der Waals surface area contributed by atoms with Crippen molar-refractivity contribution in [1.29, 1.82) is 0 Å². The molecule has 0 N–H and O–H groups in total. The van der Waals surface area contributed by atoms with E-state index in [0.717, 1.165) is 24.2 Å². The van der Waals surface area contributed by atoms with Crippen molar-refractivity contribution < 1.29 is 8.42 Å². The van der Waals surface area contributed by atoms with Crippen LogP contribution in [0.15, 0.2) is 35.2 Å². The highest BCUT2D eigenvalue weighted by Gasteiger charge is 2.31. The summed E-state index contributed by atoms with van der Waals surface area (Å²) in [5.41, 5.74) is 1.81. The first kappa shape index (κ1) is 16.7. The molecule has 1 aliphatic heterocycles. The minimum atomic E-state index is -3.38. The van der Waals surface area contributed by atoms with Crippen LogP contribution in [0.2, 0.25) is 0 Å². The minimum absolute atomic E-state index is 0.462. The SMILES string of the molecule is Cc1ccc(C)c(S(=O)(=O)N2CCN(C3C=CCCC3)CC2)c1. The summed E-state index contributed by atoms with van der Waals surface area (Å²) >= 11 is 0. The molecular weight excluding hydrogens is 308 g/mol. The maximum atomic E-state index is 12.9. The molecule has 0 spiro atoms. The average molecular weight is 334 g/mol. The molecule has 1 aliphatic carbocycles. The van der Waals surface area contributed by atoms with E-state index in [1.54, 1.807) is 10.4 Å². The number of aryl methyl sites for hydroxylation is 2. The smallest absolute Gasteiger partial charge is 0.243 e. The Hall–Kier alpha value is -1.17. The fourth-order valence-electron chi connectivity index (χ4n) is 3.50. The van der Waals surface area contributed by atoms with Gasteiger partial charge in [0.25, 0.3) is 0 Å². The van der Waals surface area contributed by atoms with Gasteiger partial charge >= 0.3 is 0 Å². The molecule has 1 atom stereocenters. The van der Waals surface area contributed by atoms with Crippen LogP contribution in [-0.2, 0) is 10.0 Å². The minimum Gasteiger partial charge on any atom is -0.294 e. The van der Waals surface area contributed by atoms with Crippen LogP contribution in [0.25, 0.3) is 0 Å². The number of sulfonamides is 1. The molecule has 1 fully saturated rings. The largest absolute Gasteiger partial charge is 0.294 e. The van der Waals surface area contributed by atoms with E-state index in [9.17, 15) is 8.42 Å². The first-order chi connectivity index (χ1) is 11.0. The Balaban J connectivity index is 1.72. The van der Waals surface area contributed by atoms with Gasteiger partial charge in [0.1, 0.15) is 0 Å². The molecule has 4 nitrogen and oxygen atoms in total. The van der Waals surface area contributed by atoms with Crippen molar-refractivity contribution in [3.63, 3.8) is 0 Å². The second-order valence-corrected chi connectivity index (χ2v) is 8.54. The van der Waals surface area contributed by atoms with Gasteiger partial charge < -0.3 is 0 Å². The molecule has 0 amide bonds. The van der Waals surface area contributed by atoms with Gasteiger partial charge in [0.05, 0.1) is 4.90 Å². The lowest BCUT2D eigenvalue weighted by molar-refractivity contribution is 0.150. The highest BCUT2D eigenvalue weighted by atomic mass is 32.2. The third-order valence-corrected chi connectivity index (χ3v) is 6.97. The molecule has 1 aromatic rings. The second-order valence-electron chi connectivity index (χ2n) is 6.64. The molecule has 0 saturated carbocycles. The van der Waals surface area contributed by atoms with Gasteiger partial charge in [0, 0.05) is 32.2 Å². The summed E-state index contributed by atoms with van der Waals surface area (Å²) < 4.78 is 27.5. The molecule has 0 bridgehead atoms. The highest BCUT2D eigenvalue weighted by Crippen LogP contribution is 2.24. The van der Waals surface area contributed by atoms with Crippen LogP contribution < -0.4 is 0 Å². The van der Waals surface area contributed by atoms with E-state index in [1.165, 1.54) is 19.3 Å². The first-order valence-electron chi connectivity index (χ1n) is 8.46. The van der Waals surface area contributed by atoms with Crippen LogP contribution in [-0.4, -0.2) is 49.8 Å². The summed E-state index contributed by atoms with van der Waals surface area (Å²) in [6, 6.07) is 6.14. The van der Waals surface area contributed by atoms with E-state index in [1.807, 2.05) is 26.0 Å². The molecule has 1 saturated heterocycles. The van der Waals surface area contributed by atoms with Gasteiger partial charge in [-0.2, -0.15) is 4.31 Å². The molecule has 0 aromatic heterocycles. The third-order valence-electron chi connectivity index (χ3n) is 4.93. The Labute approximate surface area is 139 Å². The van der Waals surface area contributed by atoms with Crippen LogP contribution in [0, 0.1) is 13.8 Å². The molecule has 1 heterocycles. The van der Waals surface area contributed by atoms with E-state index in [2.05, 4.69) is 17.1 Å². The predicted molar refractivity (Wildman–Crippen MR) is 93.0 cm³/mol. The van der Waals surface area contributed by atoms with Crippen molar-refractivity contribution in [2.75, 3.05) is 26.2 Å². The molecule has 0 radical (unpaired) electrons. The summed E-state index contributed by atoms with van der Waals surface area (Å²) in [6.45, 7) is 6.61. The Morgan fingerprint density at radius 2 is 1.83 bits per heavy atom. The number of allylic oxidation sites excluding steroid dienone is 1. The topological polar surface area (TPSA) is 40.6 Å². The number of nitrogens with zero attached hydrogens (tertiary/aromatic N) is 2. The van der Waals surface area contributed by atoms with E-state index in [0.29, 0.717) is 24.0 Å². The molecule has 5 heteroatoms. The summed E-state index contributed by atoms with van der Waals surface area (Å²) in [5, 5.41) is 0. The molecule has 1 aromatic carbocycles. The van der Waals surface area contributed by atoms with Gasteiger partial charge in [0.2, 0.25) is 10.0 Å². The zero-order chi connectivity index (χ0) is 16.4. The Morgan fingerprint density at radius 1 is 1.09 bits per heavy atom. The van der Waals surface area contributed by atoms with Gasteiger partial charge in [-0.15, -0.1) is 0 Å². The van der Waals surface area contributed by atoms with Crippen molar-refractivity contribution in [3.8, 4) is 0 Å². The molecule has 126 valence electrons. The zero-order valence-corrected chi connectivity index (χ0v) is 14.8. The fourth-order valence-corrected chi connectivity index (χ4v) is 5.23. The average Bonchev–Trinajstić information content (AvgIpc) is 2.58. The maximum Gasteiger partial charge on any atom is 0.243 e. The number of hydrogen-bond donors (Lipinski definition) is 0. The Morgan fingerprint density at radius 3 is 2.48 bits per heavy atom. The Bertz CT molecular complexity index is 689. The lowest BCUT2D eigenvalue weighted by Gasteiger charge is -2.38. The molecule has 1 unspecified atom stereocenters. The van der Waals surface area contributed by atoms with Gasteiger partial charge in [0.15, 0.2) is 0 Å². The summed E-state index contributed by atoms with van der Waals surface area (Å²) in [5.74, 6) is 0. The summed E-state index contributed by atoms with van der Waals surface area (Å²) in [7, 11) is -3.38. The van der Waals surface area contributed by atoms with Gasteiger partial charge in [-0.1, -0.05) is 24.3 Å². The molecular formula is C18H26N2O2S. The number of rotatable bonds is 3. The summed E-state index contributed by atoms with van der Waals surface area (Å²) in [4.78, 5) is 2.88. The van der Waals surface area contributed by atoms with Crippen LogP contribution >= 0.6 is 0 Å². The fraction of sp³-hybridized carbons (Fsp3) is 0.556. The summed E-state index contributed by atoms with van der Waals surface area (Å²) in [6.07, 6.45) is 8.16. The molecule has 23 heavy (non-hydrogen) atoms. The quantitative estimate of drug-likeness (QED) is 0.798. The van der Waals surface area contributed by atoms with Gasteiger partial charge in [-0.3, -0.25) is 4.90 Å². The number of piperazine rings is 1. The normalized spacial score (nSPS) is 24.0. The first-order valence-corrected chi connectivity index (χ1v) is 9.90. The van der Waals surface area contributed by atoms with Crippen molar-refractivity contribution in [3.05, 3.63) is 41.5 Å². The van der Waals surface area contributed by atoms with Crippen molar-refractivity contribution in [1.82, 2.24) is 9.21 Å². The van der Waals surface area contributed by atoms with Crippen molar-refractivity contribution in [2.45, 2.75) is 44.0 Å². The van der Waals surface area contributed by atoms with E-state index < -0.39 is 10.0 Å². The van der Waals surface area contributed by atoms with Crippen LogP contribution in [0.5, 0.6) is 0 Å². The zero-order valence-electron chi connectivity index (χ0n) is 14.0. The lowest BCUT2D eigenvalue weighted by Crippen LogP contribution is -2.51. The number of benzene rings is 1. The van der Waals surface area contributed by atoms with E-state index >= 15 is 0 Å². The lowest BCUT2D eigenvalue weighted by atomic mass is 10.0. The van der Waals surface area contributed by atoms with Crippen molar-refractivity contribution >= 4 is 10.0 Å². The maximum absolute atomic E-state index is 12.9. The van der Waals surface area contributed by atoms with Gasteiger partial charge in [-0.25, -0.2) is 8.42 Å². The van der Waals surface area contributed by atoms with Crippen LogP contribution in [0.1, 0.15) is 30.4 Å². The number of hydrogen-bond acceptors (Lipinski definition) is 3. The van der Waals surface area contributed by atoms with Crippen LogP contribution in [0.3, 0.4) is 0 Å². The monoisotopic (exact) mass is 334 g/mol. The predicted octanol–water partition coefficient (Wildman–Crippen LogP) is 2.72. The van der Waals surface area contributed by atoms with Crippen molar-refractivity contribution in [2.24, 2.45) is 0 Å². The Kier molecular flexibility index (Phi) is 4.90. The van der Waals surface area contributed by atoms with E-state index in [-0.39, 0.29) is 0 Å². The molecule has 2 aliphatic rings. The molecule has 3 rings (SSSR count). The third kappa shape index (κ3) is 3.52. The van der Waals surface area contributed by atoms with E-state index in [4.69, 9.17) is 0 Å².